The van der Waals surface area contributed by atoms with Crippen molar-refractivity contribution in [3.8, 4) is 0 Å². The van der Waals surface area contributed by atoms with E-state index in [4.69, 9.17) is 0 Å². The molecule has 0 bridgehead atoms. The average Bonchev–Trinajstić information content (AvgIpc) is 3.13. The van der Waals surface area contributed by atoms with E-state index in [9.17, 15) is 9.90 Å². The van der Waals surface area contributed by atoms with Crippen LogP contribution < -0.4 is 0 Å². The molecule has 0 aromatic heterocycles. The minimum absolute atomic E-state index is 0.0501. The van der Waals surface area contributed by atoms with Gasteiger partial charge < -0.3 is 5.11 Å². The number of carboxylic acid groups (broad SMARTS) is 1. The maximum Gasteiger partial charge on any atom is 0.320 e. The molecule has 0 aliphatic carbocycles. The van der Waals surface area contributed by atoms with E-state index < -0.39 is 12.0 Å². The van der Waals surface area contributed by atoms with Crippen molar-refractivity contribution in [2.24, 2.45) is 0 Å². The molecule has 1 aliphatic rings. The molecule has 1 aliphatic heterocycles. The van der Waals surface area contributed by atoms with Crippen molar-refractivity contribution in [1.29, 1.82) is 0 Å². The Morgan fingerprint density at radius 3 is 2.50 bits per heavy atom. The number of hydrogen-bond acceptors (Lipinski definition) is 2. The van der Waals surface area contributed by atoms with Crippen molar-refractivity contribution >= 4 is 16.7 Å². The lowest BCUT2D eigenvalue weighted by Gasteiger charge is -2.33. The Labute approximate surface area is 153 Å². The SMILES string of the molecule is Cc1ccccc1C(c1cccc2ccccc12)N1CCCC1C(=O)O. The van der Waals surface area contributed by atoms with Crippen LogP contribution in [0.5, 0.6) is 0 Å². The largest absolute Gasteiger partial charge is 0.480 e. The highest BCUT2D eigenvalue weighted by atomic mass is 16.4. The Balaban J connectivity index is 1.94. The summed E-state index contributed by atoms with van der Waals surface area (Å²) >= 11 is 0. The van der Waals surface area contributed by atoms with Gasteiger partial charge in [-0.1, -0.05) is 66.7 Å². The minimum Gasteiger partial charge on any atom is -0.480 e. The fourth-order valence-corrected chi connectivity index (χ4v) is 4.27. The molecule has 1 heterocycles. The Morgan fingerprint density at radius 2 is 1.69 bits per heavy atom. The standard InChI is InChI=1S/C23H23NO2/c1-16-8-2-4-11-18(16)22(24-15-7-14-21(24)23(25)26)20-13-6-10-17-9-3-5-12-19(17)20/h2-6,8-13,21-22H,7,14-15H2,1H3,(H,25,26). The monoisotopic (exact) mass is 345 g/mol. The number of nitrogens with zero attached hydrogens (tertiary/aromatic N) is 1. The highest BCUT2D eigenvalue weighted by Gasteiger charge is 2.37. The van der Waals surface area contributed by atoms with Gasteiger partial charge in [0.25, 0.3) is 0 Å². The van der Waals surface area contributed by atoms with Gasteiger partial charge in [0.2, 0.25) is 0 Å². The van der Waals surface area contributed by atoms with Gasteiger partial charge in [0.05, 0.1) is 6.04 Å². The zero-order chi connectivity index (χ0) is 18.1. The molecule has 132 valence electrons. The number of fused-ring (bicyclic) bond motifs is 1. The molecule has 1 saturated heterocycles. The third-order valence-corrected chi connectivity index (χ3v) is 5.51. The van der Waals surface area contributed by atoms with Crippen LogP contribution in [-0.2, 0) is 4.79 Å². The summed E-state index contributed by atoms with van der Waals surface area (Å²) in [6.45, 7) is 2.92. The Kier molecular flexibility index (Phi) is 4.48. The first kappa shape index (κ1) is 16.8. The lowest BCUT2D eigenvalue weighted by molar-refractivity contribution is -0.142. The van der Waals surface area contributed by atoms with Crippen molar-refractivity contribution in [3.63, 3.8) is 0 Å². The van der Waals surface area contributed by atoms with Crippen LogP contribution >= 0.6 is 0 Å². The summed E-state index contributed by atoms with van der Waals surface area (Å²) in [7, 11) is 0. The van der Waals surface area contributed by atoms with Crippen molar-refractivity contribution < 1.29 is 9.90 Å². The smallest absolute Gasteiger partial charge is 0.320 e. The summed E-state index contributed by atoms with van der Waals surface area (Å²) in [5, 5.41) is 12.2. The first-order valence-electron chi connectivity index (χ1n) is 9.18. The molecule has 1 fully saturated rings. The van der Waals surface area contributed by atoms with Crippen LogP contribution in [0.1, 0.15) is 35.6 Å². The van der Waals surface area contributed by atoms with Gasteiger partial charge in [0.15, 0.2) is 0 Å². The van der Waals surface area contributed by atoms with Gasteiger partial charge in [0, 0.05) is 6.54 Å². The molecule has 0 radical (unpaired) electrons. The molecule has 26 heavy (non-hydrogen) atoms. The number of carboxylic acids is 1. The third-order valence-electron chi connectivity index (χ3n) is 5.51. The van der Waals surface area contributed by atoms with Crippen molar-refractivity contribution in [2.45, 2.75) is 31.8 Å². The van der Waals surface area contributed by atoms with E-state index in [1.54, 1.807) is 0 Å². The molecule has 1 N–H and O–H groups in total. The molecule has 3 heteroatoms. The quantitative estimate of drug-likeness (QED) is 0.739. The summed E-state index contributed by atoms with van der Waals surface area (Å²) in [5.74, 6) is -0.721. The lowest BCUT2D eigenvalue weighted by Crippen LogP contribution is -2.39. The fourth-order valence-electron chi connectivity index (χ4n) is 4.27. The van der Waals surface area contributed by atoms with E-state index in [2.05, 4.69) is 60.4 Å². The summed E-state index contributed by atoms with van der Waals surface area (Å²) in [6.07, 6.45) is 1.63. The summed E-state index contributed by atoms with van der Waals surface area (Å²) < 4.78 is 0. The first-order valence-corrected chi connectivity index (χ1v) is 9.18. The van der Waals surface area contributed by atoms with E-state index in [0.717, 1.165) is 13.0 Å². The number of rotatable bonds is 4. The van der Waals surface area contributed by atoms with Gasteiger partial charge in [0.1, 0.15) is 6.04 Å². The topological polar surface area (TPSA) is 40.5 Å². The Hall–Kier alpha value is -2.65. The average molecular weight is 345 g/mol. The second-order valence-corrected chi connectivity index (χ2v) is 7.06. The van der Waals surface area contributed by atoms with Crippen LogP contribution in [-0.4, -0.2) is 28.6 Å². The fraction of sp³-hybridized carbons (Fsp3) is 0.261. The van der Waals surface area contributed by atoms with Crippen LogP contribution in [0.4, 0.5) is 0 Å². The van der Waals surface area contributed by atoms with Crippen molar-refractivity contribution in [2.75, 3.05) is 6.54 Å². The summed E-state index contributed by atoms with van der Waals surface area (Å²) in [4.78, 5) is 14.1. The molecule has 0 saturated carbocycles. The second-order valence-electron chi connectivity index (χ2n) is 7.06. The molecule has 0 amide bonds. The van der Waals surface area contributed by atoms with Crippen molar-refractivity contribution in [3.05, 3.63) is 83.4 Å². The van der Waals surface area contributed by atoms with E-state index in [1.807, 2.05) is 18.2 Å². The van der Waals surface area contributed by atoms with E-state index in [0.29, 0.717) is 6.42 Å². The van der Waals surface area contributed by atoms with Gasteiger partial charge in [-0.3, -0.25) is 9.69 Å². The van der Waals surface area contributed by atoms with E-state index >= 15 is 0 Å². The normalized spacial score (nSPS) is 18.9. The van der Waals surface area contributed by atoms with Gasteiger partial charge in [-0.25, -0.2) is 0 Å². The zero-order valence-corrected chi connectivity index (χ0v) is 14.9. The Bertz CT molecular complexity index is 944. The highest BCUT2D eigenvalue weighted by Crippen LogP contribution is 2.39. The van der Waals surface area contributed by atoms with Gasteiger partial charge in [-0.2, -0.15) is 0 Å². The predicted octanol–water partition coefficient (Wildman–Crippen LogP) is 4.79. The number of likely N-dealkylation sites (tertiary alicyclic amines) is 1. The molecule has 3 nitrogen and oxygen atoms in total. The van der Waals surface area contributed by atoms with Crippen molar-refractivity contribution in [1.82, 2.24) is 4.90 Å². The second kappa shape index (κ2) is 6.93. The number of carbonyl (C=O) groups is 1. The van der Waals surface area contributed by atoms with Crippen LogP contribution in [0.3, 0.4) is 0 Å². The zero-order valence-electron chi connectivity index (χ0n) is 14.9. The molecule has 2 atom stereocenters. The Morgan fingerprint density at radius 1 is 1.00 bits per heavy atom. The van der Waals surface area contributed by atoms with Crippen LogP contribution in [0.15, 0.2) is 66.7 Å². The molecule has 3 aromatic carbocycles. The van der Waals surface area contributed by atoms with Crippen LogP contribution in [0.25, 0.3) is 10.8 Å². The van der Waals surface area contributed by atoms with Gasteiger partial charge >= 0.3 is 5.97 Å². The van der Waals surface area contributed by atoms with Crippen LogP contribution in [0, 0.1) is 6.92 Å². The van der Waals surface area contributed by atoms with Gasteiger partial charge in [-0.15, -0.1) is 0 Å². The number of hydrogen-bond donors (Lipinski definition) is 1. The maximum absolute atomic E-state index is 11.9. The molecule has 3 aromatic rings. The maximum atomic E-state index is 11.9. The summed E-state index contributed by atoms with van der Waals surface area (Å²) in [5.41, 5.74) is 3.57. The number of aliphatic carboxylic acids is 1. The molecule has 2 unspecified atom stereocenters. The van der Waals surface area contributed by atoms with Gasteiger partial charge in [-0.05, 0) is 47.2 Å². The molecular formula is C23H23NO2. The summed E-state index contributed by atoms with van der Waals surface area (Å²) in [6, 6.07) is 22.6. The predicted molar refractivity (Wildman–Crippen MR) is 104 cm³/mol. The molecule has 0 spiro atoms. The van der Waals surface area contributed by atoms with E-state index in [1.165, 1.54) is 27.5 Å². The molecular weight excluding hydrogens is 322 g/mol. The number of aryl methyl sites for hydroxylation is 1. The molecule has 4 rings (SSSR count). The van der Waals surface area contributed by atoms with E-state index in [-0.39, 0.29) is 6.04 Å². The van der Waals surface area contributed by atoms with Crippen LogP contribution in [0.2, 0.25) is 0 Å². The third kappa shape index (κ3) is 2.89. The number of benzene rings is 3. The lowest BCUT2D eigenvalue weighted by atomic mass is 9.89. The first-order chi connectivity index (χ1) is 12.7. The minimum atomic E-state index is -0.721. The highest BCUT2D eigenvalue weighted by molar-refractivity contribution is 5.86.